The summed E-state index contributed by atoms with van der Waals surface area (Å²) in [6.45, 7) is 5.08. The molecule has 0 bridgehead atoms. The first-order valence-electron chi connectivity index (χ1n) is 6.56. The van der Waals surface area contributed by atoms with Gasteiger partial charge in [0.05, 0.1) is 5.54 Å². The lowest BCUT2D eigenvalue weighted by molar-refractivity contribution is 0.407. The average molecular weight is 274 g/mol. The van der Waals surface area contributed by atoms with Crippen LogP contribution in [0.3, 0.4) is 0 Å². The van der Waals surface area contributed by atoms with Crippen LogP contribution in [0.1, 0.15) is 23.6 Å². The van der Waals surface area contributed by atoms with Gasteiger partial charge in [0.2, 0.25) is 0 Å². The van der Waals surface area contributed by atoms with E-state index in [1.807, 2.05) is 6.07 Å². The first-order valence-corrected chi connectivity index (χ1v) is 7.09. The van der Waals surface area contributed by atoms with E-state index in [0.717, 1.165) is 6.54 Å². The Morgan fingerprint density at radius 3 is 2.42 bits per heavy atom. The molecule has 100 valence electrons. The van der Waals surface area contributed by atoms with E-state index in [-0.39, 0.29) is 5.54 Å². The molecule has 0 heterocycles. The van der Waals surface area contributed by atoms with Crippen molar-refractivity contribution in [3.63, 3.8) is 0 Å². The molecule has 1 nitrogen and oxygen atoms in total. The minimum atomic E-state index is -0.202. The van der Waals surface area contributed by atoms with Crippen LogP contribution >= 0.6 is 11.6 Å². The molecule has 1 atom stereocenters. The molecule has 0 aliphatic heterocycles. The fourth-order valence-corrected chi connectivity index (χ4v) is 2.40. The highest BCUT2D eigenvalue weighted by Gasteiger charge is 2.24. The molecule has 1 unspecified atom stereocenters. The lowest BCUT2D eigenvalue weighted by Gasteiger charge is -2.29. The zero-order valence-corrected chi connectivity index (χ0v) is 12.2. The maximum Gasteiger partial charge on any atom is 0.0545 e. The summed E-state index contributed by atoms with van der Waals surface area (Å²) in [4.78, 5) is 0. The maximum absolute atomic E-state index is 6.18. The van der Waals surface area contributed by atoms with E-state index in [2.05, 4.69) is 67.7 Å². The van der Waals surface area contributed by atoms with Crippen LogP contribution in [-0.2, 0) is 12.1 Å². The highest BCUT2D eigenvalue weighted by molar-refractivity contribution is 6.18. The van der Waals surface area contributed by atoms with Crippen LogP contribution < -0.4 is 5.32 Å². The van der Waals surface area contributed by atoms with Gasteiger partial charge in [-0.15, -0.1) is 11.6 Å². The fourth-order valence-electron chi connectivity index (χ4n) is 2.15. The summed E-state index contributed by atoms with van der Waals surface area (Å²) in [5.74, 6) is 0.544. The van der Waals surface area contributed by atoms with Gasteiger partial charge in [-0.25, -0.2) is 0 Å². The van der Waals surface area contributed by atoms with Gasteiger partial charge < -0.3 is 5.32 Å². The Hall–Kier alpha value is -1.31. The third-order valence-electron chi connectivity index (χ3n) is 3.44. The number of benzene rings is 2. The average Bonchev–Trinajstić information content (AvgIpc) is 2.46. The number of halogens is 1. The molecule has 0 spiro atoms. The molecular weight excluding hydrogens is 254 g/mol. The van der Waals surface area contributed by atoms with Crippen molar-refractivity contribution in [3.05, 3.63) is 71.3 Å². The zero-order chi connectivity index (χ0) is 13.7. The second-order valence-corrected chi connectivity index (χ2v) is 5.44. The van der Waals surface area contributed by atoms with Crippen LogP contribution in [0.5, 0.6) is 0 Å². The molecule has 2 aromatic rings. The van der Waals surface area contributed by atoms with Crippen molar-refractivity contribution in [1.29, 1.82) is 0 Å². The Bertz CT molecular complexity index is 524. The molecule has 0 aliphatic carbocycles. The van der Waals surface area contributed by atoms with Gasteiger partial charge in [0, 0.05) is 12.4 Å². The largest absolute Gasteiger partial charge is 0.303 e. The third-order valence-corrected chi connectivity index (χ3v) is 3.98. The van der Waals surface area contributed by atoms with E-state index >= 15 is 0 Å². The van der Waals surface area contributed by atoms with Crippen molar-refractivity contribution in [2.45, 2.75) is 25.9 Å². The number of nitrogens with one attached hydrogen (secondary N) is 1. The molecule has 2 heteroatoms. The van der Waals surface area contributed by atoms with Gasteiger partial charge in [-0.3, -0.25) is 0 Å². The van der Waals surface area contributed by atoms with Crippen molar-refractivity contribution in [2.24, 2.45) is 0 Å². The monoisotopic (exact) mass is 273 g/mol. The minimum absolute atomic E-state index is 0.202. The summed E-state index contributed by atoms with van der Waals surface area (Å²) in [7, 11) is 0. The molecule has 0 saturated carbocycles. The van der Waals surface area contributed by atoms with E-state index < -0.39 is 0 Å². The first kappa shape index (κ1) is 14.1. The minimum Gasteiger partial charge on any atom is -0.303 e. The summed E-state index contributed by atoms with van der Waals surface area (Å²) in [5, 5.41) is 3.57. The van der Waals surface area contributed by atoms with Gasteiger partial charge in [-0.2, -0.15) is 0 Å². The maximum atomic E-state index is 6.18. The number of hydrogen-bond acceptors (Lipinski definition) is 1. The molecule has 2 rings (SSSR count). The molecule has 19 heavy (non-hydrogen) atoms. The smallest absolute Gasteiger partial charge is 0.0545 e. The lowest BCUT2D eigenvalue weighted by Crippen LogP contribution is -2.40. The van der Waals surface area contributed by atoms with E-state index in [1.54, 1.807) is 0 Å². The van der Waals surface area contributed by atoms with E-state index in [9.17, 15) is 0 Å². The van der Waals surface area contributed by atoms with E-state index in [1.165, 1.54) is 16.7 Å². The molecule has 0 aliphatic rings. The highest BCUT2D eigenvalue weighted by atomic mass is 35.5. The van der Waals surface area contributed by atoms with Crippen LogP contribution in [0.2, 0.25) is 0 Å². The Labute approximate surface area is 120 Å². The van der Waals surface area contributed by atoms with Crippen LogP contribution in [-0.4, -0.2) is 5.88 Å². The first-order chi connectivity index (χ1) is 9.14. The SMILES string of the molecule is Cc1cccc(CNC(C)(CCl)c2ccccc2)c1. The quantitative estimate of drug-likeness (QED) is 0.804. The van der Waals surface area contributed by atoms with Crippen molar-refractivity contribution in [2.75, 3.05) is 5.88 Å². The second kappa shape index (κ2) is 6.23. The number of hydrogen-bond donors (Lipinski definition) is 1. The number of rotatable bonds is 5. The van der Waals surface area contributed by atoms with Gasteiger partial charge in [0.1, 0.15) is 0 Å². The van der Waals surface area contributed by atoms with Gasteiger partial charge in [-0.1, -0.05) is 60.2 Å². The fraction of sp³-hybridized carbons (Fsp3) is 0.294. The second-order valence-electron chi connectivity index (χ2n) is 5.17. The summed E-state index contributed by atoms with van der Waals surface area (Å²) < 4.78 is 0. The number of alkyl halides is 1. The molecule has 0 saturated heterocycles. The Balaban J connectivity index is 2.11. The van der Waals surface area contributed by atoms with Crippen molar-refractivity contribution < 1.29 is 0 Å². The van der Waals surface area contributed by atoms with Gasteiger partial charge in [0.25, 0.3) is 0 Å². The molecule has 2 aromatic carbocycles. The van der Waals surface area contributed by atoms with E-state index in [0.29, 0.717) is 5.88 Å². The Morgan fingerprint density at radius 1 is 1.05 bits per heavy atom. The lowest BCUT2D eigenvalue weighted by atomic mass is 9.93. The molecule has 0 radical (unpaired) electrons. The topological polar surface area (TPSA) is 12.0 Å². The van der Waals surface area contributed by atoms with Crippen molar-refractivity contribution in [1.82, 2.24) is 5.32 Å². The van der Waals surface area contributed by atoms with E-state index in [4.69, 9.17) is 11.6 Å². The normalized spacial score (nSPS) is 14.1. The highest BCUT2D eigenvalue weighted by Crippen LogP contribution is 2.22. The summed E-state index contributed by atoms with van der Waals surface area (Å²) in [5.41, 5.74) is 3.59. The predicted octanol–water partition coefficient (Wildman–Crippen LogP) is 4.24. The zero-order valence-electron chi connectivity index (χ0n) is 11.5. The van der Waals surface area contributed by atoms with Crippen LogP contribution in [0.25, 0.3) is 0 Å². The standard InChI is InChI=1S/C17H20ClN/c1-14-7-6-8-15(11-14)12-19-17(2,13-18)16-9-4-3-5-10-16/h3-11,19H,12-13H2,1-2H3. The Morgan fingerprint density at radius 2 is 1.79 bits per heavy atom. The molecule has 0 aromatic heterocycles. The summed E-state index contributed by atoms with van der Waals surface area (Å²) in [6, 6.07) is 18.9. The van der Waals surface area contributed by atoms with Gasteiger partial charge >= 0.3 is 0 Å². The summed E-state index contributed by atoms with van der Waals surface area (Å²) in [6.07, 6.45) is 0. The summed E-state index contributed by atoms with van der Waals surface area (Å²) >= 11 is 6.18. The molecule has 1 N–H and O–H groups in total. The Kier molecular flexibility index (Phi) is 4.62. The van der Waals surface area contributed by atoms with Crippen LogP contribution in [0.4, 0.5) is 0 Å². The van der Waals surface area contributed by atoms with Crippen molar-refractivity contribution >= 4 is 11.6 Å². The van der Waals surface area contributed by atoms with Crippen molar-refractivity contribution in [3.8, 4) is 0 Å². The molecule has 0 fully saturated rings. The van der Waals surface area contributed by atoms with Gasteiger partial charge in [0.15, 0.2) is 0 Å². The molecular formula is C17H20ClN. The molecule has 0 amide bonds. The number of aryl methyl sites for hydroxylation is 1. The van der Waals surface area contributed by atoms with Crippen LogP contribution in [0.15, 0.2) is 54.6 Å². The van der Waals surface area contributed by atoms with Crippen LogP contribution in [0, 0.1) is 6.92 Å². The third kappa shape index (κ3) is 3.59. The predicted molar refractivity (Wildman–Crippen MR) is 82.5 cm³/mol. The van der Waals surface area contributed by atoms with Gasteiger partial charge in [-0.05, 0) is 25.0 Å².